The van der Waals surface area contributed by atoms with Crippen molar-refractivity contribution >= 4 is 11.6 Å². The molecule has 0 spiro atoms. The highest BCUT2D eigenvalue weighted by atomic mass is 35.5. The van der Waals surface area contributed by atoms with Crippen LogP contribution < -0.4 is 4.74 Å². The van der Waals surface area contributed by atoms with Crippen LogP contribution in [0.1, 0.15) is 25.0 Å². The predicted molar refractivity (Wildman–Crippen MR) is 62.7 cm³/mol. The lowest BCUT2D eigenvalue weighted by Gasteiger charge is -2.18. The maximum Gasteiger partial charge on any atom is 0.121 e. The maximum absolute atomic E-state index is 9.32. The highest BCUT2D eigenvalue weighted by molar-refractivity contribution is 6.32. The van der Waals surface area contributed by atoms with Gasteiger partial charge in [-0.15, -0.1) is 0 Å². The summed E-state index contributed by atoms with van der Waals surface area (Å²) < 4.78 is 5.58. The molecule has 0 saturated heterocycles. The monoisotopic (exact) mass is 228 g/mol. The zero-order valence-electron chi connectivity index (χ0n) is 9.54. The number of hydrogen-bond donors (Lipinski definition) is 1. The molecule has 1 rings (SSSR count). The fourth-order valence-corrected chi connectivity index (χ4v) is 1.40. The van der Waals surface area contributed by atoms with Crippen molar-refractivity contribution in [3.63, 3.8) is 0 Å². The second kappa shape index (κ2) is 4.86. The number of rotatable bonds is 3. The molecule has 0 aliphatic rings. The fourth-order valence-electron chi connectivity index (χ4n) is 1.29. The molecule has 2 unspecified atom stereocenters. The van der Waals surface area contributed by atoms with E-state index in [4.69, 9.17) is 16.3 Å². The highest BCUT2D eigenvalue weighted by Crippen LogP contribution is 2.26. The first-order valence-electron chi connectivity index (χ1n) is 5.03. The number of hydrogen-bond acceptors (Lipinski definition) is 2. The van der Waals surface area contributed by atoms with E-state index < -0.39 is 6.10 Å². The van der Waals surface area contributed by atoms with Crippen LogP contribution in [0.4, 0.5) is 0 Å². The average molecular weight is 229 g/mol. The second-order valence-electron chi connectivity index (χ2n) is 3.93. The van der Waals surface area contributed by atoms with Gasteiger partial charge in [-0.05, 0) is 51.0 Å². The van der Waals surface area contributed by atoms with E-state index >= 15 is 0 Å². The molecule has 1 aromatic carbocycles. The van der Waals surface area contributed by atoms with Crippen molar-refractivity contribution < 1.29 is 9.84 Å². The lowest BCUT2D eigenvalue weighted by molar-refractivity contribution is 0.0604. The minimum absolute atomic E-state index is 0.218. The summed E-state index contributed by atoms with van der Waals surface area (Å²) in [6, 6.07) is 3.77. The molecule has 0 heterocycles. The minimum atomic E-state index is -0.485. The van der Waals surface area contributed by atoms with Crippen LogP contribution in [0.5, 0.6) is 5.75 Å². The zero-order valence-corrected chi connectivity index (χ0v) is 10.3. The Labute approximate surface area is 95.8 Å². The minimum Gasteiger partial charge on any atom is -0.488 e. The number of benzene rings is 1. The van der Waals surface area contributed by atoms with Gasteiger partial charge in [0.1, 0.15) is 11.9 Å². The molecular weight excluding hydrogens is 212 g/mol. The van der Waals surface area contributed by atoms with Gasteiger partial charge in [0, 0.05) is 5.02 Å². The molecule has 0 amide bonds. The third kappa shape index (κ3) is 3.11. The molecule has 1 N–H and O–H groups in total. The Morgan fingerprint density at radius 1 is 1.20 bits per heavy atom. The molecule has 0 aromatic heterocycles. The molecule has 0 aliphatic carbocycles. The van der Waals surface area contributed by atoms with Crippen LogP contribution in [0.25, 0.3) is 0 Å². The van der Waals surface area contributed by atoms with Crippen LogP contribution in [0.2, 0.25) is 5.02 Å². The van der Waals surface area contributed by atoms with Gasteiger partial charge >= 0.3 is 0 Å². The smallest absolute Gasteiger partial charge is 0.121 e. The lowest BCUT2D eigenvalue weighted by atomic mass is 10.1. The van der Waals surface area contributed by atoms with Crippen LogP contribution in [-0.2, 0) is 0 Å². The van der Waals surface area contributed by atoms with Gasteiger partial charge in [-0.2, -0.15) is 0 Å². The van der Waals surface area contributed by atoms with E-state index in [1.165, 1.54) is 0 Å². The standard InChI is InChI=1S/C12H17ClO2/c1-7-5-11(6-8(2)12(7)13)15-10(4)9(3)14/h5-6,9-10,14H,1-4H3. The van der Waals surface area contributed by atoms with Gasteiger partial charge in [-0.3, -0.25) is 0 Å². The Bertz CT molecular complexity index is 324. The molecule has 84 valence electrons. The van der Waals surface area contributed by atoms with E-state index in [1.54, 1.807) is 6.92 Å². The van der Waals surface area contributed by atoms with E-state index in [-0.39, 0.29) is 6.10 Å². The van der Waals surface area contributed by atoms with E-state index in [0.29, 0.717) is 0 Å². The van der Waals surface area contributed by atoms with Crippen molar-refractivity contribution in [3.05, 3.63) is 28.3 Å². The largest absolute Gasteiger partial charge is 0.488 e. The highest BCUT2D eigenvalue weighted by Gasteiger charge is 2.11. The summed E-state index contributed by atoms with van der Waals surface area (Å²) in [7, 11) is 0. The topological polar surface area (TPSA) is 29.5 Å². The van der Waals surface area contributed by atoms with Crippen molar-refractivity contribution in [1.82, 2.24) is 0 Å². The van der Waals surface area contributed by atoms with Crippen LogP contribution in [0, 0.1) is 13.8 Å². The van der Waals surface area contributed by atoms with Crippen molar-refractivity contribution in [1.29, 1.82) is 0 Å². The molecule has 2 nitrogen and oxygen atoms in total. The van der Waals surface area contributed by atoms with Gasteiger partial charge in [0.2, 0.25) is 0 Å². The third-order valence-electron chi connectivity index (χ3n) is 2.41. The maximum atomic E-state index is 9.32. The van der Waals surface area contributed by atoms with E-state index in [2.05, 4.69) is 0 Å². The SMILES string of the molecule is Cc1cc(OC(C)C(C)O)cc(C)c1Cl. The van der Waals surface area contributed by atoms with Crippen LogP contribution >= 0.6 is 11.6 Å². The van der Waals surface area contributed by atoms with Crippen LogP contribution in [0.3, 0.4) is 0 Å². The first-order chi connectivity index (χ1) is 6.91. The third-order valence-corrected chi connectivity index (χ3v) is 3.01. The predicted octanol–water partition coefficient (Wildman–Crippen LogP) is 3.10. The lowest BCUT2D eigenvalue weighted by Crippen LogP contribution is -2.25. The molecule has 15 heavy (non-hydrogen) atoms. The van der Waals surface area contributed by atoms with Crippen LogP contribution in [-0.4, -0.2) is 17.3 Å². The number of aliphatic hydroxyl groups is 1. The van der Waals surface area contributed by atoms with Gasteiger partial charge in [0.05, 0.1) is 6.10 Å². The number of halogens is 1. The molecule has 3 heteroatoms. The van der Waals surface area contributed by atoms with Gasteiger partial charge in [0.15, 0.2) is 0 Å². The summed E-state index contributed by atoms with van der Waals surface area (Å²) >= 11 is 6.04. The molecule has 0 saturated carbocycles. The Morgan fingerprint density at radius 2 is 1.67 bits per heavy atom. The Morgan fingerprint density at radius 3 is 2.07 bits per heavy atom. The number of ether oxygens (including phenoxy) is 1. The summed E-state index contributed by atoms with van der Waals surface area (Å²) in [5.41, 5.74) is 1.98. The average Bonchev–Trinajstić information content (AvgIpc) is 2.13. The van der Waals surface area contributed by atoms with Gasteiger partial charge < -0.3 is 9.84 Å². The van der Waals surface area contributed by atoms with Crippen LogP contribution in [0.15, 0.2) is 12.1 Å². The summed E-state index contributed by atoms with van der Waals surface area (Å²) in [5, 5.41) is 10.1. The Balaban J connectivity index is 2.88. The number of aryl methyl sites for hydroxylation is 2. The van der Waals surface area contributed by atoms with E-state index in [1.807, 2.05) is 32.9 Å². The summed E-state index contributed by atoms with van der Waals surface area (Å²) in [6.07, 6.45) is -0.703. The van der Waals surface area contributed by atoms with Crippen molar-refractivity contribution in [2.45, 2.75) is 39.9 Å². The molecular formula is C12H17ClO2. The summed E-state index contributed by atoms with van der Waals surface area (Å²) in [4.78, 5) is 0. The Kier molecular flexibility index (Phi) is 4.00. The normalized spacial score (nSPS) is 14.8. The van der Waals surface area contributed by atoms with Crippen molar-refractivity contribution in [3.8, 4) is 5.75 Å². The van der Waals surface area contributed by atoms with E-state index in [0.717, 1.165) is 21.9 Å². The summed E-state index contributed by atoms with van der Waals surface area (Å²) in [5.74, 6) is 0.753. The second-order valence-corrected chi connectivity index (χ2v) is 4.31. The summed E-state index contributed by atoms with van der Waals surface area (Å²) in [6.45, 7) is 7.43. The molecule has 2 atom stereocenters. The molecule has 0 bridgehead atoms. The van der Waals surface area contributed by atoms with Gasteiger partial charge in [-0.1, -0.05) is 11.6 Å². The molecule has 0 fully saturated rings. The van der Waals surface area contributed by atoms with Gasteiger partial charge in [-0.25, -0.2) is 0 Å². The first-order valence-corrected chi connectivity index (χ1v) is 5.41. The zero-order chi connectivity index (χ0) is 11.6. The molecule has 0 aliphatic heterocycles. The first kappa shape index (κ1) is 12.3. The van der Waals surface area contributed by atoms with Gasteiger partial charge in [0.25, 0.3) is 0 Å². The van der Waals surface area contributed by atoms with Crippen molar-refractivity contribution in [2.24, 2.45) is 0 Å². The fraction of sp³-hybridized carbons (Fsp3) is 0.500. The van der Waals surface area contributed by atoms with E-state index in [9.17, 15) is 5.11 Å². The molecule has 1 aromatic rings. The quantitative estimate of drug-likeness (QED) is 0.862. The number of aliphatic hydroxyl groups excluding tert-OH is 1. The molecule has 0 radical (unpaired) electrons. The Hall–Kier alpha value is -0.730. The van der Waals surface area contributed by atoms with Crippen molar-refractivity contribution in [2.75, 3.05) is 0 Å².